The molecule has 80 valence electrons. The lowest BCUT2D eigenvalue weighted by Crippen LogP contribution is -2.25. The Morgan fingerprint density at radius 2 is 2.13 bits per heavy atom. The summed E-state index contributed by atoms with van der Waals surface area (Å²) in [4.78, 5) is 11.6. The van der Waals surface area contributed by atoms with E-state index in [0.717, 1.165) is 5.57 Å². The van der Waals surface area contributed by atoms with E-state index in [1.807, 2.05) is 6.92 Å². The predicted molar refractivity (Wildman–Crippen MR) is 62.4 cm³/mol. The SMILES string of the molecule is C=C(C)CNC(=O)c1ccc(N)cc1N. The first-order chi connectivity index (χ1) is 7.00. The number of carbonyl (C=O) groups is 1. The maximum absolute atomic E-state index is 11.6. The Morgan fingerprint density at radius 1 is 1.47 bits per heavy atom. The number of rotatable bonds is 3. The van der Waals surface area contributed by atoms with E-state index in [-0.39, 0.29) is 5.91 Å². The molecule has 4 heteroatoms. The van der Waals surface area contributed by atoms with Gasteiger partial charge in [-0.3, -0.25) is 4.79 Å². The minimum atomic E-state index is -0.212. The Labute approximate surface area is 89.0 Å². The first-order valence-corrected chi connectivity index (χ1v) is 4.58. The van der Waals surface area contributed by atoms with Crippen molar-refractivity contribution in [3.63, 3.8) is 0 Å². The maximum Gasteiger partial charge on any atom is 0.253 e. The summed E-state index contributed by atoms with van der Waals surface area (Å²) >= 11 is 0. The fraction of sp³-hybridized carbons (Fsp3) is 0.182. The van der Waals surface area contributed by atoms with Gasteiger partial charge in [0.2, 0.25) is 0 Å². The summed E-state index contributed by atoms with van der Waals surface area (Å²) in [5.41, 5.74) is 13.4. The lowest BCUT2D eigenvalue weighted by atomic mass is 10.1. The van der Waals surface area contributed by atoms with Crippen molar-refractivity contribution in [1.29, 1.82) is 0 Å². The van der Waals surface area contributed by atoms with Gasteiger partial charge in [0.05, 0.1) is 5.56 Å². The van der Waals surface area contributed by atoms with Crippen LogP contribution in [0.4, 0.5) is 11.4 Å². The van der Waals surface area contributed by atoms with Crippen LogP contribution in [-0.4, -0.2) is 12.5 Å². The molecular formula is C11H15N3O. The van der Waals surface area contributed by atoms with Gasteiger partial charge in [0.15, 0.2) is 0 Å². The van der Waals surface area contributed by atoms with Gasteiger partial charge in [-0.1, -0.05) is 12.2 Å². The highest BCUT2D eigenvalue weighted by Crippen LogP contribution is 2.15. The van der Waals surface area contributed by atoms with Crippen molar-refractivity contribution >= 4 is 17.3 Å². The number of carbonyl (C=O) groups excluding carboxylic acids is 1. The van der Waals surface area contributed by atoms with Crippen LogP contribution < -0.4 is 16.8 Å². The lowest BCUT2D eigenvalue weighted by molar-refractivity contribution is 0.0958. The molecule has 0 radical (unpaired) electrons. The van der Waals surface area contributed by atoms with Crippen LogP contribution in [0.5, 0.6) is 0 Å². The molecule has 1 aromatic carbocycles. The number of hydrogen-bond donors (Lipinski definition) is 3. The second-order valence-electron chi connectivity index (χ2n) is 3.49. The van der Waals surface area contributed by atoms with Crippen LogP contribution in [0.1, 0.15) is 17.3 Å². The zero-order valence-corrected chi connectivity index (χ0v) is 8.71. The van der Waals surface area contributed by atoms with Crippen LogP contribution in [0.15, 0.2) is 30.4 Å². The number of amides is 1. The van der Waals surface area contributed by atoms with Crippen LogP contribution in [-0.2, 0) is 0 Å². The Morgan fingerprint density at radius 3 is 2.67 bits per heavy atom. The number of benzene rings is 1. The van der Waals surface area contributed by atoms with Gasteiger partial charge in [-0.05, 0) is 25.1 Å². The minimum absolute atomic E-state index is 0.212. The number of nitrogens with one attached hydrogen (secondary N) is 1. The van der Waals surface area contributed by atoms with Gasteiger partial charge < -0.3 is 16.8 Å². The molecule has 5 N–H and O–H groups in total. The molecule has 0 saturated heterocycles. The summed E-state index contributed by atoms with van der Waals surface area (Å²) in [6.45, 7) is 5.98. The van der Waals surface area contributed by atoms with Crippen molar-refractivity contribution in [2.75, 3.05) is 18.0 Å². The molecule has 15 heavy (non-hydrogen) atoms. The number of hydrogen-bond acceptors (Lipinski definition) is 3. The first kappa shape index (κ1) is 11.1. The highest BCUT2D eigenvalue weighted by atomic mass is 16.1. The Hall–Kier alpha value is -1.97. The first-order valence-electron chi connectivity index (χ1n) is 4.58. The highest BCUT2D eigenvalue weighted by Gasteiger charge is 2.08. The minimum Gasteiger partial charge on any atom is -0.399 e. The predicted octanol–water partition coefficient (Wildman–Crippen LogP) is 1.16. The summed E-state index contributed by atoms with van der Waals surface area (Å²) in [5, 5.41) is 2.70. The van der Waals surface area contributed by atoms with Crippen molar-refractivity contribution in [1.82, 2.24) is 5.32 Å². The topological polar surface area (TPSA) is 81.1 Å². The van der Waals surface area contributed by atoms with E-state index in [1.165, 1.54) is 0 Å². The molecule has 4 nitrogen and oxygen atoms in total. The number of anilines is 2. The van der Waals surface area contributed by atoms with E-state index in [2.05, 4.69) is 11.9 Å². The second kappa shape index (κ2) is 4.50. The Bertz CT molecular complexity index is 399. The highest BCUT2D eigenvalue weighted by molar-refractivity contribution is 5.99. The molecule has 0 fully saturated rings. The molecule has 0 bridgehead atoms. The molecule has 0 aliphatic heterocycles. The van der Waals surface area contributed by atoms with Gasteiger partial charge in [-0.25, -0.2) is 0 Å². The van der Waals surface area contributed by atoms with Crippen molar-refractivity contribution < 1.29 is 4.79 Å². The smallest absolute Gasteiger partial charge is 0.253 e. The van der Waals surface area contributed by atoms with E-state index in [0.29, 0.717) is 23.5 Å². The molecule has 0 aliphatic rings. The van der Waals surface area contributed by atoms with Gasteiger partial charge in [-0.2, -0.15) is 0 Å². The molecule has 0 aliphatic carbocycles. The van der Waals surface area contributed by atoms with Gasteiger partial charge >= 0.3 is 0 Å². The summed E-state index contributed by atoms with van der Waals surface area (Å²) in [7, 11) is 0. The largest absolute Gasteiger partial charge is 0.399 e. The van der Waals surface area contributed by atoms with Crippen LogP contribution in [0.25, 0.3) is 0 Å². The van der Waals surface area contributed by atoms with Crippen molar-refractivity contribution in [3.05, 3.63) is 35.9 Å². The third kappa shape index (κ3) is 3.02. The third-order valence-electron chi connectivity index (χ3n) is 1.87. The molecule has 0 heterocycles. The molecule has 1 aromatic rings. The number of nitrogen functional groups attached to an aromatic ring is 2. The Kier molecular flexibility index (Phi) is 3.33. The second-order valence-corrected chi connectivity index (χ2v) is 3.49. The van der Waals surface area contributed by atoms with E-state index >= 15 is 0 Å². The van der Waals surface area contributed by atoms with Gasteiger partial charge in [-0.15, -0.1) is 0 Å². The summed E-state index contributed by atoms with van der Waals surface area (Å²) in [6, 6.07) is 4.82. The molecular weight excluding hydrogens is 190 g/mol. The summed E-state index contributed by atoms with van der Waals surface area (Å²) in [6.07, 6.45) is 0. The molecule has 0 spiro atoms. The van der Waals surface area contributed by atoms with Crippen LogP contribution in [0.3, 0.4) is 0 Å². The van der Waals surface area contributed by atoms with Crippen LogP contribution in [0.2, 0.25) is 0 Å². The van der Waals surface area contributed by atoms with Crippen molar-refractivity contribution in [2.24, 2.45) is 0 Å². The standard InChI is InChI=1S/C11H15N3O/c1-7(2)6-14-11(15)9-4-3-8(12)5-10(9)13/h3-5H,1,6,12-13H2,2H3,(H,14,15). The van der Waals surface area contributed by atoms with Gasteiger partial charge in [0.25, 0.3) is 5.91 Å². The van der Waals surface area contributed by atoms with E-state index in [4.69, 9.17) is 11.5 Å². The molecule has 1 rings (SSSR count). The summed E-state index contributed by atoms with van der Waals surface area (Å²) in [5.74, 6) is -0.212. The third-order valence-corrected chi connectivity index (χ3v) is 1.87. The van der Waals surface area contributed by atoms with Crippen LogP contribution >= 0.6 is 0 Å². The van der Waals surface area contributed by atoms with E-state index in [9.17, 15) is 4.79 Å². The number of nitrogens with two attached hydrogens (primary N) is 2. The lowest BCUT2D eigenvalue weighted by Gasteiger charge is -2.07. The average molecular weight is 205 g/mol. The van der Waals surface area contributed by atoms with Gasteiger partial charge in [0, 0.05) is 17.9 Å². The van der Waals surface area contributed by atoms with Crippen molar-refractivity contribution in [3.8, 4) is 0 Å². The molecule has 0 aromatic heterocycles. The zero-order chi connectivity index (χ0) is 11.4. The van der Waals surface area contributed by atoms with E-state index in [1.54, 1.807) is 18.2 Å². The fourth-order valence-electron chi connectivity index (χ4n) is 1.11. The molecule has 1 amide bonds. The van der Waals surface area contributed by atoms with Gasteiger partial charge in [0.1, 0.15) is 0 Å². The maximum atomic E-state index is 11.6. The summed E-state index contributed by atoms with van der Waals surface area (Å²) < 4.78 is 0. The van der Waals surface area contributed by atoms with E-state index < -0.39 is 0 Å². The molecule has 0 saturated carbocycles. The quantitative estimate of drug-likeness (QED) is 0.511. The average Bonchev–Trinajstić information content (AvgIpc) is 2.14. The van der Waals surface area contributed by atoms with Crippen LogP contribution in [0, 0.1) is 0 Å². The monoisotopic (exact) mass is 205 g/mol. The normalized spacial score (nSPS) is 9.67. The Balaban J connectivity index is 2.78. The van der Waals surface area contributed by atoms with Crippen molar-refractivity contribution in [2.45, 2.75) is 6.92 Å². The fourth-order valence-corrected chi connectivity index (χ4v) is 1.11. The molecule has 0 unspecified atom stereocenters. The zero-order valence-electron chi connectivity index (χ0n) is 8.71. The molecule has 0 atom stereocenters.